The van der Waals surface area contributed by atoms with Crippen LogP contribution in [-0.2, 0) is 9.59 Å². The Kier molecular flexibility index (Phi) is 5.80. The van der Waals surface area contributed by atoms with Crippen molar-refractivity contribution in [2.24, 2.45) is 16.6 Å². The molecular weight excluding hydrogens is 354 g/mol. The first-order valence-corrected chi connectivity index (χ1v) is 10.2. The van der Waals surface area contributed by atoms with Crippen LogP contribution in [0.15, 0.2) is 23.9 Å². The molecule has 28 heavy (non-hydrogen) atoms. The Morgan fingerprint density at radius 2 is 1.82 bits per heavy atom. The highest BCUT2D eigenvalue weighted by atomic mass is 16.2. The zero-order valence-electron chi connectivity index (χ0n) is 17.0. The Balaban J connectivity index is 1.94. The standard InChI is InChI=1S/C21H31N5O2/c1-24-12-14-26(15-13-24)17-6-10-20(11-7-17,18(23)27)21(8-4-3-5-9-21)19(28)25(2)16-22/h6-7,10H,3-5,8-9,11-15H2,1-2H3,(H2,23,27). The van der Waals surface area contributed by atoms with Crippen LogP contribution in [0.4, 0.5) is 0 Å². The third-order valence-electron chi connectivity index (χ3n) is 6.90. The number of nitrogens with zero attached hydrogens (tertiary/aromatic N) is 4. The number of nitriles is 1. The van der Waals surface area contributed by atoms with Crippen LogP contribution in [-0.4, -0.2) is 66.8 Å². The minimum Gasteiger partial charge on any atom is -0.369 e. The van der Waals surface area contributed by atoms with Crippen LogP contribution >= 0.6 is 0 Å². The summed E-state index contributed by atoms with van der Waals surface area (Å²) in [5, 5.41) is 9.30. The molecule has 2 fully saturated rings. The summed E-state index contributed by atoms with van der Waals surface area (Å²) in [5.41, 5.74) is 5.02. The van der Waals surface area contributed by atoms with Crippen molar-refractivity contribution >= 4 is 11.8 Å². The van der Waals surface area contributed by atoms with Gasteiger partial charge >= 0.3 is 0 Å². The maximum absolute atomic E-state index is 13.3. The van der Waals surface area contributed by atoms with Gasteiger partial charge in [-0.3, -0.25) is 14.5 Å². The largest absolute Gasteiger partial charge is 0.369 e. The van der Waals surface area contributed by atoms with Gasteiger partial charge in [-0.25, -0.2) is 0 Å². The maximum Gasteiger partial charge on any atom is 0.242 e. The molecule has 2 N–H and O–H groups in total. The first-order chi connectivity index (χ1) is 13.4. The molecule has 0 aromatic rings. The summed E-state index contributed by atoms with van der Waals surface area (Å²) in [7, 11) is 3.59. The molecule has 0 aromatic carbocycles. The molecule has 3 rings (SSSR count). The summed E-state index contributed by atoms with van der Waals surface area (Å²) in [6.07, 6.45) is 12.2. The second-order valence-electron chi connectivity index (χ2n) is 8.40. The van der Waals surface area contributed by atoms with E-state index in [-0.39, 0.29) is 5.91 Å². The molecule has 1 saturated carbocycles. The van der Waals surface area contributed by atoms with E-state index in [0.29, 0.717) is 19.3 Å². The third kappa shape index (κ3) is 3.30. The predicted molar refractivity (Wildman–Crippen MR) is 106 cm³/mol. The number of allylic oxidation sites excluding steroid dienone is 2. The molecule has 1 saturated heterocycles. The fourth-order valence-electron chi connectivity index (χ4n) is 5.07. The highest BCUT2D eigenvalue weighted by molar-refractivity contribution is 5.95. The molecule has 7 heteroatoms. The first kappa shape index (κ1) is 20.4. The molecule has 0 spiro atoms. The number of piperazine rings is 1. The fourth-order valence-corrected chi connectivity index (χ4v) is 5.07. The summed E-state index contributed by atoms with van der Waals surface area (Å²) in [4.78, 5) is 31.8. The number of likely N-dealkylation sites (N-methyl/N-ethyl adjacent to an activating group) is 1. The van der Waals surface area contributed by atoms with Gasteiger partial charge in [0.2, 0.25) is 11.8 Å². The Hall–Kier alpha value is -2.33. The molecule has 2 aliphatic carbocycles. The van der Waals surface area contributed by atoms with Crippen LogP contribution in [0, 0.1) is 22.3 Å². The molecule has 0 radical (unpaired) electrons. The average Bonchev–Trinajstić information content (AvgIpc) is 2.73. The molecule has 0 aromatic heterocycles. The van der Waals surface area contributed by atoms with Crippen LogP contribution < -0.4 is 5.73 Å². The Morgan fingerprint density at radius 3 is 2.32 bits per heavy atom. The second kappa shape index (κ2) is 7.96. The summed E-state index contributed by atoms with van der Waals surface area (Å²) in [6.45, 7) is 3.89. The van der Waals surface area contributed by atoms with E-state index in [1.54, 1.807) is 0 Å². The van der Waals surface area contributed by atoms with Crippen molar-refractivity contribution in [2.75, 3.05) is 40.3 Å². The molecule has 3 aliphatic rings. The van der Waals surface area contributed by atoms with Crippen molar-refractivity contribution in [3.05, 3.63) is 23.9 Å². The second-order valence-corrected chi connectivity index (χ2v) is 8.40. The minimum atomic E-state index is -1.08. The Bertz CT molecular complexity index is 724. The Labute approximate surface area is 167 Å². The zero-order valence-corrected chi connectivity index (χ0v) is 17.0. The highest BCUT2D eigenvalue weighted by Gasteiger charge is 2.59. The number of nitrogens with two attached hydrogens (primary N) is 1. The van der Waals surface area contributed by atoms with Crippen LogP contribution in [0.25, 0.3) is 0 Å². The molecule has 0 bridgehead atoms. The minimum absolute atomic E-state index is 0.283. The monoisotopic (exact) mass is 385 g/mol. The molecule has 2 amide bonds. The number of carbonyl (C=O) groups excluding carboxylic acids is 2. The molecule has 1 unspecified atom stereocenters. The number of amides is 2. The van der Waals surface area contributed by atoms with E-state index in [9.17, 15) is 14.9 Å². The van der Waals surface area contributed by atoms with E-state index in [0.717, 1.165) is 56.0 Å². The summed E-state index contributed by atoms with van der Waals surface area (Å²) < 4.78 is 0. The number of hydrogen-bond acceptors (Lipinski definition) is 5. The van der Waals surface area contributed by atoms with E-state index in [4.69, 9.17) is 5.73 Å². The summed E-state index contributed by atoms with van der Waals surface area (Å²) in [5.74, 6) is -0.756. The van der Waals surface area contributed by atoms with E-state index >= 15 is 0 Å². The SMILES string of the molecule is CN1CCN(C2=CCC(C(N)=O)(C3(C(=O)N(C)C#N)CCCCC3)C=C2)CC1. The lowest BCUT2D eigenvalue weighted by molar-refractivity contribution is -0.155. The number of carbonyl (C=O) groups is 2. The zero-order chi connectivity index (χ0) is 20.4. The van der Waals surface area contributed by atoms with Crippen LogP contribution in [0.5, 0.6) is 0 Å². The molecular formula is C21H31N5O2. The van der Waals surface area contributed by atoms with E-state index < -0.39 is 16.7 Å². The van der Waals surface area contributed by atoms with E-state index in [1.807, 2.05) is 18.3 Å². The van der Waals surface area contributed by atoms with Gasteiger partial charge in [-0.2, -0.15) is 5.26 Å². The van der Waals surface area contributed by atoms with Gasteiger partial charge in [0.25, 0.3) is 0 Å². The predicted octanol–water partition coefficient (Wildman–Crippen LogP) is 1.44. The lowest BCUT2D eigenvalue weighted by Crippen LogP contribution is -2.58. The lowest BCUT2D eigenvalue weighted by atomic mass is 9.53. The molecule has 7 nitrogen and oxygen atoms in total. The number of rotatable bonds is 4. The molecule has 1 heterocycles. The van der Waals surface area contributed by atoms with Crippen LogP contribution in [0.2, 0.25) is 0 Å². The van der Waals surface area contributed by atoms with Gasteiger partial charge in [0.15, 0.2) is 6.19 Å². The van der Waals surface area contributed by atoms with Crippen molar-refractivity contribution < 1.29 is 9.59 Å². The van der Waals surface area contributed by atoms with Gasteiger partial charge in [-0.05, 0) is 32.4 Å². The molecule has 152 valence electrons. The van der Waals surface area contributed by atoms with Crippen molar-refractivity contribution in [1.82, 2.24) is 14.7 Å². The quantitative estimate of drug-likeness (QED) is 0.584. The van der Waals surface area contributed by atoms with Gasteiger partial charge in [0.1, 0.15) is 0 Å². The van der Waals surface area contributed by atoms with Crippen molar-refractivity contribution in [3.63, 3.8) is 0 Å². The molecule has 1 atom stereocenters. The third-order valence-corrected chi connectivity index (χ3v) is 6.90. The van der Waals surface area contributed by atoms with E-state index in [2.05, 4.69) is 22.9 Å². The smallest absolute Gasteiger partial charge is 0.242 e. The van der Waals surface area contributed by atoms with Gasteiger partial charge in [0, 0.05) is 38.9 Å². The number of primary amides is 1. The van der Waals surface area contributed by atoms with Crippen molar-refractivity contribution in [3.8, 4) is 6.19 Å². The van der Waals surface area contributed by atoms with E-state index in [1.165, 1.54) is 7.05 Å². The fraction of sp³-hybridized carbons (Fsp3) is 0.667. The van der Waals surface area contributed by atoms with Crippen molar-refractivity contribution in [2.45, 2.75) is 38.5 Å². The summed E-state index contributed by atoms with van der Waals surface area (Å²) in [6, 6.07) is 0. The van der Waals surface area contributed by atoms with Gasteiger partial charge in [-0.15, -0.1) is 0 Å². The number of hydrogen-bond donors (Lipinski definition) is 1. The summed E-state index contributed by atoms with van der Waals surface area (Å²) >= 11 is 0. The lowest BCUT2D eigenvalue weighted by Gasteiger charge is -2.49. The molecule has 1 aliphatic heterocycles. The highest BCUT2D eigenvalue weighted by Crippen LogP contribution is 2.55. The van der Waals surface area contributed by atoms with Crippen molar-refractivity contribution in [1.29, 1.82) is 5.26 Å². The van der Waals surface area contributed by atoms with Gasteiger partial charge in [-0.1, -0.05) is 31.4 Å². The Morgan fingerprint density at radius 1 is 1.18 bits per heavy atom. The van der Waals surface area contributed by atoms with Gasteiger partial charge in [0.05, 0.1) is 10.8 Å². The van der Waals surface area contributed by atoms with Gasteiger partial charge < -0.3 is 15.5 Å². The normalized spacial score (nSPS) is 27.6. The topological polar surface area (TPSA) is 93.7 Å². The van der Waals surface area contributed by atoms with Crippen LogP contribution in [0.3, 0.4) is 0 Å². The average molecular weight is 386 g/mol. The van der Waals surface area contributed by atoms with Crippen LogP contribution in [0.1, 0.15) is 38.5 Å². The maximum atomic E-state index is 13.3. The first-order valence-electron chi connectivity index (χ1n) is 10.2.